The highest BCUT2D eigenvalue weighted by Gasteiger charge is 2.32. The Morgan fingerprint density at radius 3 is 2.88 bits per heavy atom. The molecule has 2 N–H and O–H groups in total. The van der Waals surface area contributed by atoms with E-state index in [4.69, 9.17) is 23.2 Å². The lowest BCUT2D eigenvalue weighted by Gasteiger charge is -2.28. The molecule has 2 aromatic rings. The van der Waals surface area contributed by atoms with Gasteiger partial charge in [0.2, 0.25) is 0 Å². The van der Waals surface area contributed by atoms with E-state index in [-0.39, 0.29) is 0 Å². The number of hydrogen-bond acceptors (Lipinski definition) is 1. The highest BCUT2D eigenvalue weighted by atomic mass is 35.5. The molecular formula is C13H13Cl2NO. The zero-order chi connectivity index (χ0) is 12.2. The van der Waals surface area contributed by atoms with Crippen molar-refractivity contribution in [3.8, 4) is 0 Å². The van der Waals surface area contributed by atoms with Gasteiger partial charge in [0.1, 0.15) is 5.60 Å². The molecule has 3 rings (SSSR count). The van der Waals surface area contributed by atoms with Gasteiger partial charge in [0.15, 0.2) is 0 Å². The highest BCUT2D eigenvalue weighted by Crippen LogP contribution is 2.41. The number of aromatic amines is 1. The van der Waals surface area contributed by atoms with Crippen LogP contribution in [0.2, 0.25) is 10.0 Å². The quantitative estimate of drug-likeness (QED) is 0.745. The second-order valence-electron chi connectivity index (χ2n) is 4.92. The van der Waals surface area contributed by atoms with Crippen LogP contribution in [0.1, 0.15) is 31.0 Å². The van der Waals surface area contributed by atoms with E-state index in [1.54, 1.807) is 6.07 Å². The second kappa shape index (κ2) is 3.64. The van der Waals surface area contributed by atoms with Crippen LogP contribution in [0.3, 0.4) is 0 Å². The Morgan fingerprint density at radius 2 is 2.12 bits per heavy atom. The molecule has 2 nitrogen and oxygen atoms in total. The van der Waals surface area contributed by atoms with Crippen LogP contribution in [0.5, 0.6) is 0 Å². The van der Waals surface area contributed by atoms with Crippen molar-refractivity contribution < 1.29 is 5.11 Å². The van der Waals surface area contributed by atoms with Crippen molar-refractivity contribution in [1.82, 2.24) is 4.98 Å². The molecule has 0 spiro atoms. The zero-order valence-electron chi connectivity index (χ0n) is 9.48. The van der Waals surface area contributed by atoms with Crippen LogP contribution in [-0.4, -0.2) is 10.1 Å². The first-order valence-corrected chi connectivity index (χ1v) is 6.47. The van der Waals surface area contributed by atoms with E-state index in [0.717, 1.165) is 41.4 Å². The fraction of sp³-hybridized carbons (Fsp3) is 0.385. The summed E-state index contributed by atoms with van der Waals surface area (Å²) in [5.74, 6) is 0. The smallest absolute Gasteiger partial charge is 0.102 e. The molecule has 90 valence electrons. The number of H-pyrrole nitrogens is 1. The number of aromatic nitrogens is 1. The molecule has 1 aliphatic rings. The first kappa shape index (κ1) is 11.4. The van der Waals surface area contributed by atoms with Gasteiger partial charge in [-0.1, -0.05) is 23.2 Å². The van der Waals surface area contributed by atoms with E-state index in [2.05, 4.69) is 4.98 Å². The summed E-state index contributed by atoms with van der Waals surface area (Å²) in [5, 5.41) is 12.7. The molecule has 1 heterocycles. The Hall–Kier alpha value is -0.700. The van der Waals surface area contributed by atoms with Crippen molar-refractivity contribution >= 4 is 34.1 Å². The normalized spacial score (nSPS) is 24.0. The molecule has 1 aromatic carbocycles. The van der Waals surface area contributed by atoms with Crippen molar-refractivity contribution in [2.75, 3.05) is 0 Å². The van der Waals surface area contributed by atoms with E-state index in [1.165, 1.54) is 0 Å². The van der Waals surface area contributed by atoms with Gasteiger partial charge < -0.3 is 10.1 Å². The molecule has 1 atom stereocenters. The minimum atomic E-state index is -0.789. The first-order chi connectivity index (χ1) is 7.99. The van der Waals surface area contributed by atoms with E-state index in [9.17, 15) is 5.11 Å². The molecule has 0 bridgehead atoms. The zero-order valence-corrected chi connectivity index (χ0v) is 11.0. The van der Waals surface area contributed by atoms with Gasteiger partial charge in [-0.2, -0.15) is 0 Å². The average molecular weight is 270 g/mol. The molecule has 0 aliphatic heterocycles. The molecule has 0 radical (unpaired) electrons. The number of aryl methyl sites for hydroxylation is 1. The average Bonchev–Trinajstić information content (AvgIpc) is 2.58. The molecule has 0 amide bonds. The van der Waals surface area contributed by atoms with E-state index < -0.39 is 5.60 Å². The molecule has 1 aromatic heterocycles. The van der Waals surface area contributed by atoms with Gasteiger partial charge in [0, 0.05) is 10.4 Å². The van der Waals surface area contributed by atoms with Crippen molar-refractivity contribution in [3.63, 3.8) is 0 Å². The first-order valence-electron chi connectivity index (χ1n) is 5.71. The summed E-state index contributed by atoms with van der Waals surface area (Å²) in [7, 11) is 0. The fourth-order valence-corrected chi connectivity index (χ4v) is 3.27. The maximum Gasteiger partial charge on any atom is 0.102 e. The lowest BCUT2D eigenvalue weighted by Crippen LogP contribution is -2.26. The van der Waals surface area contributed by atoms with Gasteiger partial charge in [0.25, 0.3) is 0 Å². The Balaban J connectivity index is 2.38. The number of halogens is 2. The van der Waals surface area contributed by atoms with Crippen LogP contribution in [0.25, 0.3) is 10.9 Å². The van der Waals surface area contributed by atoms with E-state index in [0.29, 0.717) is 10.0 Å². The maximum absolute atomic E-state index is 10.4. The SMILES string of the molecule is C[C@@]1(O)CCCc2c1[nH]c1c(Cl)cc(Cl)cc21. The summed E-state index contributed by atoms with van der Waals surface area (Å²) in [6, 6.07) is 3.64. The van der Waals surface area contributed by atoms with Gasteiger partial charge in [-0.25, -0.2) is 0 Å². The minimum absolute atomic E-state index is 0.609. The maximum atomic E-state index is 10.4. The largest absolute Gasteiger partial charge is 0.384 e. The summed E-state index contributed by atoms with van der Waals surface area (Å²) in [4.78, 5) is 3.26. The summed E-state index contributed by atoms with van der Waals surface area (Å²) in [6.07, 6.45) is 2.72. The van der Waals surface area contributed by atoms with Crippen LogP contribution in [-0.2, 0) is 12.0 Å². The van der Waals surface area contributed by atoms with Crippen molar-refractivity contribution in [2.24, 2.45) is 0 Å². The lowest BCUT2D eigenvalue weighted by molar-refractivity contribution is 0.0351. The Bertz CT molecular complexity index is 601. The molecule has 4 heteroatoms. The molecule has 0 saturated heterocycles. The monoisotopic (exact) mass is 269 g/mol. The Kier molecular flexibility index (Phi) is 2.44. The standard InChI is InChI=1S/C13H13Cl2NO/c1-13(17)4-2-3-8-9-5-7(14)6-10(15)11(9)16-12(8)13/h5-6,16-17H,2-4H2,1H3/t13-/m1/s1. The van der Waals surface area contributed by atoms with Crippen molar-refractivity contribution in [1.29, 1.82) is 0 Å². The summed E-state index contributed by atoms with van der Waals surface area (Å²) < 4.78 is 0. The second-order valence-corrected chi connectivity index (χ2v) is 5.76. The third-order valence-electron chi connectivity index (χ3n) is 3.56. The van der Waals surface area contributed by atoms with Gasteiger partial charge in [-0.15, -0.1) is 0 Å². The summed E-state index contributed by atoms with van der Waals surface area (Å²) in [6.45, 7) is 1.84. The van der Waals surface area contributed by atoms with Gasteiger partial charge in [-0.3, -0.25) is 0 Å². The molecule has 0 unspecified atom stereocenters. The molecule has 0 saturated carbocycles. The molecule has 17 heavy (non-hydrogen) atoms. The topological polar surface area (TPSA) is 36.0 Å². The minimum Gasteiger partial charge on any atom is -0.384 e. The van der Waals surface area contributed by atoms with Crippen LogP contribution in [0, 0.1) is 0 Å². The van der Waals surface area contributed by atoms with Crippen LogP contribution < -0.4 is 0 Å². The van der Waals surface area contributed by atoms with Gasteiger partial charge in [0.05, 0.1) is 16.2 Å². The van der Waals surface area contributed by atoms with Gasteiger partial charge in [-0.05, 0) is 43.9 Å². The summed E-state index contributed by atoms with van der Waals surface area (Å²) in [5.41, 5.74) is 2.13. The number of nitrogens with one attached hydrogen (secondary N) is 1. The van der Waals surface area contributed by atoms with Crippen LogP contribution in [0.15, 0.2) is 12.1 Å². The fourth-order valence-electron chi connectivity index (χ4n) is 2.73. The molecular weight excluding hydrogens is 257 g/mol. The predicted molar refractivity (Wildman–Crippen MR) is 70.8 cm³/mol. The predicted octanol–water partition coefficient (Wildman–Crippen LogP) is 4.02. The number of aliphatic hydroxyl groups is 1. The highest BCUT2D eigenvalue weighted by molar-refractivity contribution is 6.38. The number of benzene rings is 1. The van der Waals surface area contributed by atoms with Crippen LogP contribution >= 0.6 is 23.2 Å². The number of fused-ring (bicyclic) bond motifs is 3. The third-order valence-corrected chi connectivity index (χ3v) is 4.08. The summed E-state index contributed by atoms with van der Waals surface area (Å²) >= 11 is 12.2. The number of rotatable bonds is 0. The molecule has 1 aliphatic carbocycles. The number of hydrogen-bond donors (Lipinski definition) is 2. The van der Waals surface area contributed by atoms with Crippen molar-refractivity contribution in [3.05, 3.63) is 33.4 Å². The Morgan fingerprint density at radius 1 is 1.35 bits per heavy atom. The van der Waals surface area contributed by atoms with E-state index >= 15 is 0 Å². The van der Waals surface area contributed by atoms with Crippen molar-refractivity contribution in [2.45, 2.75) is 31.8 Å². The van der Waals surface area contributed by atoms with E-state index in [1.807, 2.05) is 13.0 Å². The lowest BCUT2D eigenvalue weighted by atomic mass is 9.84. The van der Waals surface area contributed by atoms with Gasteiger partial charge >= 0.3 is 0 Å². The van der Waals surface area contributed by atoms with Crippen LogP contribution in [0.4, 0.5) is 0 Å². The Labute approximate surface area is 110 Å². The molecule has 0 fully saturated rings. The third kappa shape index (κ3) is 1.67.